The zero-order valence-corrected chi connectivity index (χ0v) is 21.3. The summed E-state index contributed by atoms with van der Waals surface area (Å²) < 4.78 is 13.6. The number of nitrogens with one attached hydrogen (secondary N) is 1. The van der Waals surface area contributed by atoms with Gasteiger partial charge in [0.1, 0.15) is 0 Å². The van der Waals surface area contributed by atoms with Crippen molar-refractivity contribution in [3.05, 3.63) is 118 Å². The third-order valence-electron chi connectivity index (χ3n) is 6.03. The highest BCUT2D eigenvalue weighted by Crippen LogP contribution is 2.36. The van der Waals surface area contributed by atoms with Gasteiger partial charge in [-0.05, 0) is 67.1 Å². The SMILES string of the molecule is CC(=O)c1cccc(NC(=O)c2ccc3c(c2)N(Cc2cccc(Cl)c2)C(=O)c2ccccc2S3=O)c1. The number of carbonyl (C=O) groups excluding carboxylic acids is 3. The summed E-state index contributed by atoms with van der Waals surface area (Å²) in [6.07, 6.45) is 0. The number of anilines is 2. The number of amides is 2. The van der Waals surface area contributed by atoms with E-state index in [0.29, 0.717) is 37.3 Å². The third kappa shape index (κ3) is 4.96. The van der Waals surface area contributed by atoms with Crippen molar-refractivity contribution in [2.24, 2.45) is 0 Å². The van der Waals surface area contributed by atoms with Gasteiger partial charge in [0.05, 0.1) is 38.4 Å². The Morgan fingerprint density at radius 1 is 0.865 bits per heavy atom. The van der Waals surface area contributed by atoms with E-state index in [1.165, 1.54) is 11.8 Å². The molecule has 2 amide bonds. The van der Waals surface area contributed by atoms with E-state index in [1.807, 2.05) is 6.07 Å². The van der Waals surface area contributed by atoms with E-state index in [1.54, 1.807) is 84.9 Å². The summed E-state index contributed by atoms with van der Waals surface area (Å²) in [5.74, 6) is -0.862. The molecular weight excluding hydrogens is 508 g/mol. The molecule has 1 atom stereocenters. The van der Waals surface area contributed by atoms with Crippen LogP contribution in [-0.4, -0.2) is 21.8 Å². The molecule has 4 aromatic rings. The first kappa shape index (κ1) is 24.6. The molecule has 0 saturated heterocycles. The Morgan fingerprint density at radius 3 is 2.43 bits per heavy atom. The van der Waals surface area contributed by atoms with Crippen LogP contribution in [0.25, 0.3) is 0 Å². The first-order chi connectivity index (χ1) is 17.8. The smallest absolute Gasteiger partial charge is 0.259 e. The molecule has 1 aliphatic heterocycles. The summed E-state index contributed by atoms with van der Waals surface area (Å²) in [6, 6.07) is 25.4. The average Bonchev–Trinajstić information content (AvgIpc) is 2.98. The fraction of sp³-hybridized carbons (Fsp3) is 0.0690. The Hall–Kier alpha value is -4.07. The van der Waals surface area contributed by atoms with E-state index in [0.717, 1.165) is 5.56 Å². The molecule has 0 aromatic heterocycles. The molecular formula is C29H21ClN2O4S. The van der Waals surface area contributed by atoms with Gasteiger partial charge >= 0.3 is 0 Å². The number of hydrogen-bond donors (Lipinski definition) is 1. The van der Waals surface area contributed by atoms with Gasteiger partial charge in [0.25, 0.3) is 11.8 Å². The molecule has 0 aliphatic carbocycles. The standard InChI is InChI=1S/C29H21ClN2O4S/c1-18(33)20-7-5-9-23(15-20)31-28(34)21-12-13-27-25(16-21)32(17-19-6-4-8-22(30)14-19)29(35)24-10-2-3-11-26(24)37(27)36/h2-16H,17H2,1H3,(H,31,34). The first-order valence-corrected chi connectivity index (χ1v) is 13.0. The maximum Gasteiger partial charge on any atom is 0.259 e. The summed E-state index contributed by atoms with van der Waals surface area (Å²) in [4.78, 5) is 41.0. The lowest BCUT2D eigenvalue weighted by Crippen LogP contribution is -2.30. The van der Waals surface area contributed by atoms with Gasteiger partial charge in [-0.3, -0.25) is 14.4 Å². The van der Waals surface area contributed by atoms with E-state index in [2.05, 4.69) is 5.32 Å². The molecule has 0 spiro atoms. The van der Waals surface area contributed by atoms with E-state index >= 15 is 0 Å². The van der Waals surface area contributed by atoms with Crippen LogP contribution in [0.5, 0.6) is 0 Å². The molecule has 8 heteroatoms. The van der Waals surface area contributed by atoms with Gasteiger partial charge < -0.3 is 10.2 Å². The molecule has 1 aliphatic rings. The van der Waals surface area contributed by atoms with E-state index in [4.69, 9.17) is 11.6 Å². The van der Waals surface area contributed by atoms with Crippen molar-refractivity contribution in [3.8, 4) is 0 Å². The number of rotatable bonds is 5. The number of carbonyl (C=O) groups is 3. The number of Topliss-reactive ketones (excluding diaryl/α,β-unsaturated/α-hetero) is 1. The highest BCUT2D eigenvalue weighted by Gasteiger charge is 2.31. The lowest BCUT2D eigenvalue weighted by Gasteiger charge is -2.24. The van der Waals surface area contributed by atoms with Gasteiger partial charge in [-0.25, -0.2) is 4.21 Å². The Kier molecular flexibility index (Phi) is 6.74. The van der Waals surface area contributed by atoms with Crippen LogP contribution in [0.1, 0.15) is 43.6 Å². The van der Waals surface area contributed by atoms with Crippen molar-refractivity contribution in [1.29, 1.82) is 0 Å². The normalized spacial score (nSPS) is 14.4. The number of halogens is 1. The summed E-state index contributed by atoms with van der Waals surface area (Å²) in [7, 11) is -1.64. The van der Waals surface area contributed by atoms with Crippen LogP contribution in [0.4, 0.5) is 11.4 Å². The van der Waals surface area contributed by atoms with Crippen LogP contribution < -0.4 is 10.2 Å². The highest BCUT2D eigenvalue weighted by molar-refractivity contribution is 7.85. The fourth-order valence-electron chi connectivity index (χ4n) is 4.20. The average molecular weight is 529 g/mol. The van der Waals surface area contributed by atoms with Crippen LogP contribution in [0.15, 0.2) is 101 Å². The number of hydrogen-bond acceptors (Lipinski definition) is 4. The number of ketones is 1. The van der Waals surface area contributed by atoms with Crippen LogP contribution in [-0.2, 0) is 17.3 Å². The monoisotopic (exact) mass is 528 g/mol. The van der Waals surface area contributed by atoms with Gasteiger partial charge in [-0.15, -0.1) is 0 Å². The largest absolute Gasteiger partial charge is 0.322 e. The van der Waals surface area contributed by atoms with Gasteiger partial charge in [0.15, 0.2) is 5.78 Å². The summed E-state index contributed by atoms with van der Waals surface area (Å²) in [6.45, 7) is 1.63. The number of benzene rings is 4. The van der Waals surface area contributed by atoms with Crippen LogP contribution in [0.3, 0.4) is 0 Å². The summed E-state index contributed by atoms with van der Waals surface area (Å²) in [5, 5.41) is 3.33. The molecule has 0 fully saturated rings. The Morgan fingerprint density at radius 2 is 1.65 bits per heavy atom. The van der Waals surface area contributed by atoms with Gasteiger partial charge in [-0.1, -0.05) is 48.0 Å². The molecule has 4 aromatic carbocycles. The third-order valence-corrected chi connectivity index (χ3v) is 7.77. The van der Waals surface area contributed by atoms with E-state index in [-0.39, 0.29) is 23.8 Å². The highest BCUT2D eigenvalue weighted by atomic mass is 35.5. The van der Waals surface area contributed by atoms with Crippen molar-refractivity contribution in [3.63, 3.8) is 0 Å². The Labute approximate surface area is 221 Å². The lowest BCUT2D eigenvalue weighted by molar-refractivity contribution is 0.0978. The molecule has 6 nitrogen and oxygen atoms in total. The molecule has 1 N–H and O–H groups in total. The maximum absolute atomic E-state index is 13.7. The Bertz CT molecular complexity index is 1600. The van der Waals surface area contributed by atoms with Crippen molar-refractivity contribution in [2.45, 2.75) is 23.3 Å². The second kappa shape index (κ2) is 10.1. The van der Waals surface area contributed by atoms with Gasteiger partial charge in [0.2, 0.25) is 0 Å². The topological polar surface area (TPSA) is 83.6 Å². The molecule has 0 bridgehead atoms. The zero-order chi connectivity index (χ0) is 26.1. The predicted molar refractivity (Wildman–Crippen MR) is 144 cm³/mol. The second-order valence-electron chi connectivity index (χ2n) is 8.56. The van der Waals surface area contributed by atoms with Crippen molar-refractivity contribution >= 4 is 51.4 Å². The summed E-state index contributed by atoms with van der Waals surface area (Å²) in [5.41, 5.74) is 2.73. The molecule has 5 rings (SSSR count). The zero-order valence-electron chi connectivity index (χ0n) is 19.7. The van der Waals surface area contributed by atoms with Gasteiger partial charge in [0, 0.05) is 21.8 Å². The fourth-order valence-corrected chi connectivity index (χ4v) is 5.76. The molecule has 184 valence electrons. The van der Waals surface area contributed by atoms with Crippen molar-refractivity contribution in [1.82, 2.24) is 0 Å². The van der Waals surface area contributed by atoms with Crippen LogP contribution in [0, 0.1) is 0 Å². The van der Waals surface area contributed by atoms with Crippen LogP contribution in [0.2, 0.25) is 5.02 Å². The second-order valence-corrected chi connectivity index (χ2v) is 10.4. The molecule has 1 heterocycles. The molecule has 0 radical (unpaired) electrons. The predicted octanol–water partition coefficient (Wildman–Crippen LogP) is 6.12. The Balaban J connectivity index is 1.57. The summed E-state index contributed by atoms with van der Waals surface area (Å²) >= 11 is 6.18. The van der Waals surface area contributed by atoms with Crippen LogP contribution >= 0.6 is 11.6 Å². The minimum Gasteiger partial charge on any atom is -0.322 e. The first-order valence-electron chi connectivity index (χ1n) is 11.5. The minimum atomic E-state index is -1.64. The van der Waals surface area contributed by atoms with Crippen molar-refractivity contribution < 1.29 is 18.6 Å². The molecule has 37 heavy (non-hydrogen) atoms. The van der Waals surface area contributed by atoms with Crippen molar-refractivity contribution in [2.75, 3.05) is 10.2 Å². The lowest BCUT2D eigenvalue weighted by atomic mass is 10.1. The minimum absolute atomic E-state index is 0.113. The number of nitrogens with zero attached hydrogens (tertiary/aromatic N) is 1. The quantitative estimate of drug-likeness (QED) is 0.316. The molecule has 0 saturated carbocycles. The molecule has 1 unspecified atom stereocenters. The van der Waals surface area contributed by atoms with E-state index in [9.17, 15) is 18.6 Å². The van der Waals surface area contributed by atoms with E-state index < -0.39 is 16.7 Å². The maximum atomic E-state index is 13.7. The number of fused-ring (bicyclic) bond motifs is 2. The van der Waals surface area contributed by atoms with Gasteiger partial charge in [-0.2, -0.15) is 0 Å².